The molecule has 4 N–H and O–H groups in total. The van der Waals surface area contributed by atoms with Crippen molar-refractivity contribution in [3.05, 3.63) is 60.8 Å². The fourth-order valence-electron chi connectivity index (χ4n) is 4.73. The Hall–Kier alpha value is -3.76. The highest BCUT2D eigenvalue weighted by molar-refractivity contribution is 7.92. The summed E-state index contributed by atoms with van der Waals surface area (Å²) in [5.74, 6) is 1.21. The predicted octanol–water partition coefficient (Wildman–Crippen LogP) is 5.20. The lowest BCUT2D eigenvalue weighted by Gasteiger charge is -2.32. The lowest BCUT2D eigenvalue weighted by atomic mass is 10.1. The number of aromatic nitrogens is 2. The fraction of sp³-hybridized carbons (Fsp3) is 0.321. The number of para-hydroxylation sites is 1. The SMILES string of the molecule is COc1cc(N2CCCC(O)C2)ccc1Nc1cc(Nc2ccccc2S(=O)(=O)C(C)C)c2cc[nH]c2n1. The van der Waals surface area contributed by atoms with Crippen LogP contribution in [0.4, 0.5) is 28.6 Å². The zero-order chi connectivity index (χ0) is 26.9. The summed E-state index contributed by atoms with van der Waals surface area (Å²) < 4.78 is 31.7. The minimum absolute atomic E-state index is 0.255. The van der Waals surface area contributed by atoms with Gasteiger partial charge in [-0.3, -0.25) is 0 Å². The molecule has 1 saturated heterocycles. The molecule has 1 aliphatic rings. The van der Waals surface area contributed by atoms with Crippen molar-refractivity contribution in [1.82, 2.24) is 9.97 Å². The summed E-state index contributed by atoms with van der Waals surface area (Å²) in [6.45, 7) is 4.85. The van der Waals surface area contributed by atoms with Crippen LogP contribution in [0.2, 0.25) is 0 Å². The lowest BCUT2D eigenvalue weighted by molar-refractivity contribution is 0.154. The minimum atomic E-state index is -3.49. The Morgan fingerprint density at radius 3 is 2.66 bits per heavy atom. The normalized spacial score (nSPS) is 16.1. The highest BCUT2D eigenvalue weighted by Gasteiger charge is 2.23. The van der Waals surface area contributed by atoms with Crippen LogP contribution in [0.3, 0.4) is 0 Å². The molecule has 0 aliphatic carbocycles. The maximum Gasteiger partial charge on any atom is 0.182 e. The molecule has 1 fully saturated rings. The Morgan fingerprint density at radius 1 is 1.08 bits per heavy atom. The van der Waals surface area contributed by atoms with Crippen LogP contribution in [-0.4, -0.2) is 55.0 Å². The van der Waals surface area contributed by atoms with Crippen LogP contribution >= 0.6 is 0 Å². The van der Waals surface area contributed by atoms with Gasteiger partial charge in [0.05, 0.1) is 40.4 Å². The van der Waals surface area contributed by atoms with E-state index < -0.39 is 15.1 Å². The average Bonchev–Trinajstić information content (AvgIpc) is 3.38. The smallest absolute Gasteiger partial charge is 0.182 e. The number of benzene rings is 2. The van der Waals surface area contributed by atoms with E-state index in [4.69, 9.17) is 9.72 Å². The molecule has 0 spiro atoms. The molecule has 10 heteroatoms. The van der Waals surface area contributed by atoms with Gasteiger partial charge in [-0.2, -0.15) is 0 Å². The van der Waals surface area contributed by atoms with Crippen molar-refractivity contribution in [2.75, 3.05) is 35.7 Å². The Balaban J connectivity index is 1.47. The lowest BCUT2D eigenvalue weighted by Crippen LogP contribution is -2.38. The van der Waals surface area contributed by atoms with Gasteiger partial charge >= 0.3 is 0 Å². The van der Waals surface area contributed by atoms with E-state index >= 15 is 0 Å². The van der Waals surface area contributed by atoms with Crippen molar-refractivity contribution < 1.29 is 18.3 Å². The van der Waals surface area contributed by atoms with Crippen molar-refractivity contribution in [2.24, 2.45) is 0 Å². The first-order valence-corrected chi connectivity index (χ1v) is 14.3. The third kappa shape index (κ3) is 5.14. The van der Waals surface area contributed by atoms with Crippen LogP contribution in [0.25, 0.3) is 11.0 Å². The van der Waals surface area contributed by atoms with Crippen LogP contribution in [0, 0.1) is 0 Å². The van der Waals surface area contributed by atoms with Crippen LogP contribution in [-0.2, 0) is 9.84 Å². The number of aromatic amines is 1. The number of rotatable bonds is 8. The third-order valence-electron chi connectivity index (χ3n) is 6.82. The quantitative estimate of drug-likeness (QED) is 0.243. The van der Waals surface area contributed by atoms with Crippen molar-refractivity contribution in [3.8, 4) is 5.75 Å². The van der Waals surface area contributed by atoms with Gasteiger partial charge < -0.3 is 30.4 Å². The molecule has 2 aromatic heterocycles. The maximum atomic E-state index is 13.0. The zero-order valence-electron chi connectivity index (χ0n) is 21.7. The van der Waals surface area contributed by atoms with Gasteiger partial charge in [0, 0.05) is 42.5 Å². The molecular formula is C28H33N5O4S. The van der Waals surface area contributed by atoms with Crippen molar-refractivity contribution in [3.63, 3.8) is 0 Å². The second-order valence-corrected chi connectivity index (χ2v) is 12.2. The Bertz CT molecular complexity index is 1550. The molecule has 3 heterocycles. The first kappa shape index (κ1) is 25.9. The monoisotopic (exact) mass is 535 g/mol. The summed E-state index contributed by atoms with van der Waals surface area (Å²) in [5.41, 5.74) is 3.60. The zero-order valence-corrected chi connectivity index (χ0v) is 22.5. The van der Waals surface area contributed by atoms with E-state index in [9.17, 15) is 13.5 Å². The van der Waals surface area contributed by atoms with Crippen LogP contribution in [0.15, 0.2) is 65.7 Å². The summed E-state index contributed by atoms with van der Waals surface area (Å²) in [6.07, 6.45) is 3.24. The summed E-state index contributed by atoms with van der Waals surface area (Å²) >= 11 is 0. The maximum absolute atomic E-state index is 13.0. The number of nitrogens with one attached hydrogen (secondary N) is 3. The fourth-order valence-corrected chi connectivity index (χ4v) is 5.93. The number of hydrogen-bond donors (Lipinski definition) is 4. The molecule has 38 heavy (non-hydrogen) atoms. The Morgan fingerprint density at radius 2 is 1.89 bits per heavy atom. The van der Waals surface area contributed by atoms with E-state index in [1.165, 1.54) is 0 Å². The van der Waals surface area contributed by atoms with Gasteiger partial charge in [-0.05, 0) is 57.0 Å². The van der Waals surface area contributed by atoms with Crippen LogP contribution in [0.5, 0.6) is 5.75 Å². The molecule has 0 amide bonds. The van der Waals surface area contributed by atoms with Gasteiger partial charge in [-0.1, -0.05) is 12.1 Å². The number of piperidine rings is 1. The number of aliphatic hydroxyl groups excluding tert-OH is 1. The summed E-state index contributed by atoms with van der Waals surface area (Å²) in [7, 11) is -1.87. The van der Waals surface area contributed by atoms with Gasteiger partial charge in [-0.15, -0.1) is 0 Å². The Labute approximate surface area is 222 Å². The summed E-state index contributed by atoms with van der Waals surface area (Å²) in [6, 6.07) is 16.6. The summed E-state index contributed by atoms with van der Waals surface area (Å²) in [5, 5.41) is 17.0. The number of fused-ring (bicyclic) bond motifs is 1. The van der Waals surface area contributed by atoms with Gasteiger partial charge in [0.1, 0.15) is 17.2 Å². The summed E-state index contributed by atoms with van der Waals surface area (Å²) in [4.78, 5) is 10.3. The number of sulfone groups is 1. The van der Waals surface area contributed by atoms with Gasteiger partial charge in [0.25, 0.3) is 0 Å². The van der Waals surface area contributed by atoms with Crippen molar-refractivity contribution >= 4 is 49.4 Å². The molecule has 2 aromatic carbocycles. The Kier molecular flexibility index (Phi) is 7.18. The predicted molar refractivity (Wildman–Crippen MR) is 152 cm³/mol. The third-order valence-corrected chi connectivity index (χ3v) is 9.03. The molecule has 1 unspecified atom stereocenters. The van der Waals surface area contributed by atoms with E-state index in [1.54, 1.807) is 45.4 Å². The molecule has 4 aromatic rings. The van der Waals surface area contributed by atoms with Crippen LogP contribution in [0.1, 0.15) is 26.7 Å². The second-order valence-electron chi connectivity index (χ2n) is 9.76. The molecule has 1 atom stereocenters. The highest BCUT2D eigenvalue weighted by Crippen LogP contribution is 2.36. The molecule has 1 aliphatic heterocycles. The first-order valence-electron chi connectivity index (χ1n) is 12.7. The van der Waals surface area contributed by atoms with Crippen molar-refractivity contribution in [1.29, 1.82) is 0 Å². The molecule has 9 nitrogen and oxygen atoms in total. The highest BCUT2D eigenvalue weighted by atomic mass is 32.2. The van der Waals surface area contributed by atoms with Crippen LogP contribution < -0.4 is 20.3 Å². The van der Waals surface area contributed by atoms with E-state index in [0.717, 1.165) is 36.1 Å². The number of β-amino-alcohol motifs (C(OH)–C–C–N with tert-alkyl or cyclic N) is 1. The largest absolute Gasteiger partial charge is 0.494 e. The number of hydrogen-bond acceptors (Lipinski definition) is 8. The number of methoxy groups -OCH3 is 1. The van der Waals surface area contributed by atoms with Gasteiger partial charge in [-0.25, -0.2) is 13.4 Å². The van der Waals surface area contributed by atoms with E-state index in [0.29, 0.717) is 35.1 Å². The molecular weight excluding hydrogens is 502 g/mol. The number of anilines is 5. The van der Waals surface area contributed by atoms with Gasteiger partial charge in [0.2, 0.25) is 0 Å². The standard InChI is InChI=1S/C28H33N5O4S/c1-18(2)38(35,36)26-9-5-4-8-23(26)30-24-16-27(32-28-21(24)12-13-29-28)31-22-11-10-19(15-25(22)37-3)33-14-6-7-20(34)17-33/h4-5,8-13,15-16,18,20,34H,6-7,14,17H2,1-3H3,(H3,29,30,31,32). The van der Waals surface area contributed by atoms with E-state index in [-0.39, 0.29) is 11.0 Å². The molecule has 5 rings (SSSR count). The number of H-pyrrole nitrogens is 1. The number of ether oxygens (including phenoxy) is 1. The molecule has 0 radical (unpaired) electrons. The molecule has 0 bridgehead atoms. The molecule has 200 valence electrons. The second kappa shape index (κ2) is 10.5. The topological polar surface area (TPSA) is 120 Å². The number of nitrogens with zero attached hydrogens (tertiary/aromatic N) is 2. The number of aliphatic hydroxyl groups is 1. The van der Waals surface area contributed by atoms with Crippen molar-refractivity contribution in [2.45, 2.75) is 42.9 Å². The molecule has 0 saturated carbocycles. The first-order chi connectivity index (χ1) is 18.3. The van der Waals surface area contributed by atoms with Gasteiger partial charge in [0.15, 0.2) is 9.84 Å². The number of pyridine rings is 1. The van der Waals surface area contributed by atoms with E-state index in [1.807, 2.05) is 36.4 Å². The van der Waals surface area contributed by atoms with E-state index in [2.05, 4.69) is 20.5 Å². The minimum Gasteiger partial charge on any atom is -0.494 e. The average molecular weight is 536 g/mol.